The highest BCUT2D eigenvalue weighted by Gasteiger charge is 2.60. The third-order valence-corrected chi connectivity index (χ3v) is 6.16. The molecule has 2 amide bonds. The SMILES string of the molecule is CC1=C(C(=O)O)N2C(=O)C(NC(=O)COc3ccccc3)[C@@H]2S(=O)(=O)C1. The fourth-order valence-corrected chi connectivity index (χ4v) is 5.07. The van der Waals surface area contributed by atoms with Gasteiger partial charge in [-0.05, 0) is 24.6 Å². The molecule has 1 fully saturated rings. The minimum absolute atomic E-state index is 0.0827. The molecule has 1 unspecified atom stereocenters. The van der Waals surface area contributed by atoms with Gasteiger partial charge in [0.2, 0.25) is 0 Å². The van der Waals surface area contributed by atoms with E-state index >= 15 is 0 Å². The molecule has 1 saturated heterocycles. The minimum atomic E-state index is -3.81. The Morgan fingerprint density at radius 1 is 1.31 bits per heavy atom. The van der Waals surface area contributed by atoms with Crippen LogP contribution in [0.25, 0.3) is 0 Å². The van der Waals surface area contributed by atoms with Crippen LogP contribution in [0.1, 0.15) is 6.92 Å². The molecule has 1 aromatic rings. The zero-order valence-electron chi connectivity index (χ0n) is 13.7. The number of hydrogen-bond acceptors (Lipinski definition) is 6. The van der Waals surface area contributed by atoms with Crippen LogP contribution in [0.3, 0.4) is 0 Å². The monoisotopic (exact) mass is 380 g/mol. The maximum Gasteiger partial charge on any atom is 0.352 e. The summed E-state index contributed by atoms with van der Waals surface area (Å²) in [6.45, 7) is 0.950. The van der Waals surface area contributed by atoms with Crippen LogP contribution in [0.15, 0.2) is 41.6 Å². The predicted octanol–water partition coefficient (Wildman–Crippen LogP) is -0.494. The van der Waals surface area contributed by atoms with Gasteiger partial charge in [-0.2, -0.15) is 0 Å². The predicted molar refractivity (Wildman–Crippen MR) is 88.6 cm³/mol. The van der Waals surface area contributed by atoms with E-state index in [-0.39, 0.29) is 11.3 Å². The molecule has 0 spiro atoms. The highest BCUT2D eigenvalue weighted by molar-refractivity contribution is 7.92. The summed E-state index contributed by atoms with van der Waals surface area (Å²) in [5.74, 6) is -2.86. The van der Waals surface area contributed by atoms with E-state index < -0.39 is 51.4 Å². The zero-order valence-corrected chi connectivity index (χ0v) is 14.5. The van der Waals surface area contributed by atoms with Gasteiger partial charge in [0.05, 0.1) is 5.75 Å². The lowest BCUT2D eigenvalue weighted by Gasteiger charge is -2.48. The largest absolute Gasteiger partial charge is 0.484 e. The van der Waals surface area contributed by atoms with Gasteiger partial charge in [0.25, 0.3) is 11.8 Å². The Balaban J connectivity index is 1.72. The van der Waals surface area contributed by atoms with Crippen LogP contribution in [0, 0.1) is 0 Å². The summed E-state index contributed by atoms with van der Waals surface area (Å²) in [4.78, 5) is 36.3. The van der Waals surface area contributed by atoms with E-state index in [0.29, 0.717) is 5.75 Å². The first-order valence-electron chi connectivity index (χ1n) is 7.67. The molecule has 138 valence electrons. The molecule has 0 bridgehead atoms. The number of hydrogen-bond donors (Lipinski definition) is 2. The first kappa shape index (κ1) is 17.9. The van der Waals surface area contributed by atoms with Crippen molar-refractivity contribution in [3.8, 4) is 5.75 Å². The van der Waals surface area contributed by atoms with Crippen LogP contribution >= 0.6 is 0 Å². The van der Waals surface area contributed by atoms with Crippen molar-refractivity contribution in [1.29, 1.82) is 0 Å². The molecule has 0 radical (unpaired) electrons. The van der Waals surface area contributed by atoms with Crippen molar-refractivity contribution in [1.82, 2.24) is 10.2 Å². The number of ether oxygens (including phenoxy) is 1. The molecule has 3 rings (SSSR count). The lowest BCUT2D eigenvalue weighted by Crippen LogP contribution is -2.74. The molecule has 2 heterocycles. The first-order valence-corrected chi connectivity index (χ1v) is 9.39. The van der Waals surface area contributed by atoms with Gasteiger partial charge >= 0.3 is 5.97 Å². The van der Waals surface area contributed by atoms with E-state index in [1.54, 1.807) is 30.3 Å². The molecule has 2 aliphatic rings. The van der Waals surface area contributed by atoms with Gasteiger partial charge in [-0.25, -0.2) is 13.2 Å². The van der Waals surface area contributed by atoms with Crippen LogP contribution in [0.5, 0.6) is 5.75 Å². The van der Waals surface area contributed by atoms with E-state index in [1.165, 1.54) is 6.92 Å². The smallest absolute Gasteiger partial charge is 0.352 e. The van der Waals surface area contributed by atoms with Gasteiger partial charge in [0.1, 0.15) is 17.5 Å². The molecule has 0 saturated carbocycles. The van der Waals surface area contributed by atoms with Crippen molar-refractivity contribution >= 4 is 27.6 Å². The van der Waals surface area contributed by atoms with Gasteiger partial charge in [0.15, 0.2) is 21.8 Å². The normalized spacial score (nSPS) is 23.7. The van der Waals surface area contributed by atoms with Crippen LogP contribution in [0.2, 0.25) is 0 Å². The number of nitrogens with zero attached hydrogens (tertiary/aromatic N) is 1. The average Bonchev–Trinajstić information content (AvgIpc) is 2.57. The quantitative estimate of drug-likeness (QED) is 0.659. The number of aliphatic carboxylic acids is 1. The molecule has 2 aliphatic heterocycles. The summed E-state index contributed by atoms with van der Waals surface area (Å²) >= 11 is 0. The summed E-state index contributed by atoms with van der Waals surface area (Å²) in [7, 11) is -3.81. The third-order valence-electron chi connectivity index (χ3n) is 4.11. The van der Waals surface area contributed by atoms with Gasteiger partial charge in [-0.1, -0.05) is 18.2 Å². The lowest BCUT2D eigenvalue weighted by atomic mass is 10.0. The fourth-order valence-electron chi connectivity index (χ4n) is 3.03. The van der Waals surface area contributed by atoms with Crippen molar-refractivity contribution in [3.63, 3.8) is 0 Å². The molecular formula is C16H16N2O7S. The number of benzene rings is 1. The zero-order chi connectivity index (χ0) is 19.1. The maximum atomic E-state index is 12.3. The molecular weight excluding hydrogens is 364 g/mol. The Kier molecular flexibility index (Phi) is 4.45. The van der Waals surface area contributed by atoms with Crippen molar-refractivity contribution in [2.24, 2.45) is 0 Å². The molecule has 0 aromatic heterocycles. The maximum absolute atomic E-state index is 12.3. The van der Waals surface area contributed by atoms with E-state index in [2.05, 4.69) is 5.32 Å². The van der Waals surface area contributed by atoms with Gasteiger partial charge in [-0.3, -0.25) is 14.5 Å². The summed E-state index contributed by atoms with van der Waals surface area (Å²) in [6.07, 6.45) is 0. The fraction of sp³-hybridized carbons (Fsp3) is 0.312. The molecule has 26 heavy (non-hydrogen) atoms. The molecule has 9 nitrogen and oxygen atoms in total. The van der Waals surface area contributed by atoms with E-state index in [1.807, 2.05) is 0 Å². The van der Waals surface area contributed by atoms with Crippen molar-refractivity contribution < 1.29 is 32.6 Å². The molecule has 10 heteroatoms. The highest BCUT2D eigenvalue weighted by atomic mass is 32.2. The number of para-hydroxylation sites is 1. The number of carbonyl (C=O) groups excluding carboxylic acids is 2. The van der Waals surface area contributed by atoms with Crippen LogP contribution < -0.4 is 10.1 Å². The number of carboxylic acids is 1. The number of amides is 2. The van der Waals surface area contributed by atoms with E-state index in [9.17, 15) is 27.9 Å². The third kappa shape index (κ3) is 3.03. The molecule has 1 aromatic carbocycles. The second kappa shape index (κ2) is 6.45. The minimum Gasteiger partial charge on any atom is -0.484 e. The Morgan fingerprint density at radius 3 is 2.58 bits per heavy atom. The summed E-state index contributed by atoms with van der Waals surface area (Å²) < 4.78 is 29.9. The summed E-state index contributed by atoms with van der Waals surface area (Å²) in [5, 5.41) is 10.1. The van der Waals surface area contributed by atoms with Gasteiger partial charge < -0.3 is 15.2 Å². The lowest BCUT2D eigenvalue weighted by molar-refractivity contribution is -0.151. The first-order chi connectivity index (χ1) is 12.2. The van der Waals surface area contributed by atoms with Crippen molar-refractivity contribution in [3.05, 3.63) is 41.6 Å². The summed E-state index contributed by atoms with van der Waals surface area (Å²) in [6, 6.07) is 7.17. The van der Waals surface area contributed by atoms with E-state index in [4.69, 9.17) is 4.74 Å². The Bertz CT molecular complexity index is 908. The number of carboxylic acid groups (broad SMARTS) is 1. The number of β-lactam (4-membered cyclic amide) rings is 1. The topological polar surface area (TPSA) is 130 Å². The Hall–Kier alpha value is -2.88. The summed E-state index contributed by atoms with van der Waals surface area (Å²) in [5.41, 5.74) is -0.264. The number of carbonyl (C=O) groups is 3. The van der Waals surface area contributed by atoms with Gasteiger partial charge in [0, 0.05) is 0 Å². The number of sulfone groups is 1. The Morgan fingerprint density at radius 2 is 1.96 bits per heavy atom. The van der Waals surface area contributed by atoms with Crippen molar-refractivity contribution in [2.45, 2.75) is 18.3 Å². The molecule has 0 aliphatic carbocycles. The van der Waals surface area contributed by atoms with Gasteiger partial charge in [-0.15, -0.1) is 0 Å². The number of fused-ring (bicyclic) bond motifs is 1. The van der Waals surface area contributed by atoms with E-state index in [0.717, 1.165) is 4.90 Å². The average molecular weight is 380 g/mol. The number of nitrogens with one attached hydrogen (secondary N) is 1. The van der Waals surface area contributed by atoms with Crippen LogP contribution in [0.4, 0.5) is 0 Å². The second-order valence-electron chi connectivity index (χ2n) is 5.99. The Labute approximate surface area is 149 Å². The van der Waals surface area contributed by atoms with Crippen molar-refractivity contribution in [2.75, 3.05) is 12.4 Å². The highest BCUT2D eigenvalue weighted by Crippen LogP contribution is 2.36. The standard InChI is InChI=1S/C16H16N2O7S/c1-9-8-26(23,24)15-12(14(20)18(15)13(9)16(21)22)17-11(19)7-25-10-5-3-2-4-6-10/h2-6,12,15H,7-8H2,1H3,(H,17,19)(H,21,22)/t12?,15-/m0/s1. The second-order valence-corrected chi connectivity index (χ2v) is 8.08. The molecule has 2 N–H and O–H groups in total. The van der Waals surface area contributed by atoms with Crippen LogP contribution in [-0.4, -0.2) is 60.0 Å². The molecule has 2 atom stereocenters. The van der Waals surface area contributed by atoms with Crippen LogP contribution in [-0.2, 0) is 24.2 Å². The number of rotatable bonds is 5.